The van der Waals surface area contributed by atoms with Gasteiger partial charge in [0.25, 0.3) is 0 Å². The summed E-state index contributed by atoms with van der Waals surface area (Å²) in [5.41, 5.74) is -0.301. The SMILES string of the molecule is ON(c1ccccc1)C(F)(F)F. The molecule has 1 N–H and O–H groups in total. The third-order valence-electron chi connectivity index (χ3n) is 1.24. The van der Waals surface area contributed by atoms with E-state index < -0.39 is 11.4 Å². The summed E-state index contributed by atoms with van der Waals surface area (Å²) < 4.78 is 35.4. The molecule has 2 nitrogen and oxygen atoms in total. The Labute approximate surface area is 66.8 Å². The third kappa shape index (κ3) is 1.88. The van der Waals surface area contributed by atoms with E-state index >= 15 is 0 Å². The van der Waals surface area contributed by atoms with Crippen LogP contribution in [0.2, 0.25) is 0 Å². The second-order valence-electron chi connectivity index (χ2n) is 2.12. The van der Waals surface area contributed by atoms with Crippen LogP contribution in [-0.4, -0.2) is 11.5 Å². The highest BCUT2D eigenvalue weighted by Crippen LogP contribution is 2.25. The van der Waals surface area contributed by atoms with Crippen LogP contribution in [0.4, 0.5) is 18.9 Å². The van der Waals surface area contributed by atoms with Gasteiger partial charge >= 0.3 is 6.30 Å². The molecule has 0 aromatic heterocycles. The number of alkyl halides is 3. The maximum absolute atomic E-state index is 11.8. The number of benzene rings is 1. The molecule has 0 fully saturated rings. The zero-order chi connectivity index (χ0) is 9.19. The minimum absolute atomic E-state index is 0.301. The maximum atomic E-state index is 11.8. The first-order valence-corrected chi connectivity index (χ1v) is 3.12. The predicted octanol–water partition coefficient (Wildman–Crippen LogP) is 2.40. The fourth-order valence-electron chi connectivity index (χ4n) is 0.716. The van der Waals surface area contributed by atoms with Crippen molar-refractivity contribution < 1.29 is 18.4 Å². The summed E-state index contributed by atoms with van der Waals surface area (Å²) in [4.78, 5) is 0. The van der Waals surface area contributed by atoms with Crippen molar-refractivity contribution in [2.45, 2.75) is 6.30 Å². The smallest absolute Gasteiger partial charge is 0.281 e. The summed E-state index contributed by atoms with van der Waals surface area (Å²) in [5, 5.41) is 7.84. The molecule has 0 unspecified atom stereocenters. The molecule has 0 saturated carbocycles. The van der Waals surface area contributed by atoms with E-state index in [9.17, 15) is 13.2 Å². The molecule has 0 spiro atoms. The highest BCUT2D eigenvalue weighted by atomic mass is 19.4. The van der Waals surface area contributed by atoms with Gasteiger partial charge in [-0.1, -0.05) is 18.2 Å². The van der Waals surface area contributed by atoms with Crippen LogP contribution in [0.3, 0.4) is 0 Å². The van der Waals surface area contributed by atoms with Gasteiger partial charge < -0.3 is 0 Å². The Bertz CT molecular complexity index is 247. The van der Waals surface area contributed by atoms with Gasteiger partial charge in [0.1, 0.15) is 0 Å². The number of hydrogen-bond donors (Lipinski definition) is 1. The second kappa shape index (κ2) is 3.02. The number of anilines is 1. The lowest BCUT2D eigenvalue weighted by molar-refractivity contribution is -0.176. The van der Waals surface area contributed by atoms with E-state index in [0.29, 0.717) is 0 Å². The van der Waals surface area contributed by atoms with Crippen molar-refractivity contribution in [1.29, 1.82) is 0 Å². The van der Waals surface area contributed by atoms with Gasteiger partial charge in [-0.15, -0.1) is 13.2 Å². The summed E-state index contributed by atoms with van der Waals surface area (Å²) in [6.45, 7) is 0. The summed E-state index contributed by atoms with van der Waals surface area (Å²) in [6.07, 6.45) is -4.75. The van der Waals surface area contributed by atoms with Gasteiger partial charge in [0.05, 0.1) is 5.69 Å². The highest BCUT2D eigenvalue weighted by Gasteiger charge is 2.36. The average Bonchev–Trinajstić information content (AvgIpc) is 2.03. The molecule has 0 amide bonds. The Morgan fingerprint density at radius 2 is 1.58 bits per heavy atom. The molecule has 0 aliphatic heterocycles. The van der Waals surface area contributed by atoms with E-state index in [1.54, 1.807) is 6.07 Å². The zero-order valence-electron chi connectivity index (χ0n) is 5.92. The summed E-state index contributed by atoms with van der Waals surface area (Å²) in [6, 6.07) is 6.70. The molecule has 12 heavy (non-hydrogen) atoms. The largest absolute Gasteiger partial charge is 0.508 e. The lowest BCUT2D eigenvalue weighted by Crippen LogP contribution is -2.34. The molecule has 1 aromatic rings. The minimum Gasteiger partial charge on any atom is -0.281 e. The monoisotopic (exact) mass is 177 g/mol. The van der Waals surface area contributed by atoms with E-state index in [1.807, 2.05) is 0 Å². The zero-order valence-corrected chi connectivity index (χ0v) is 5.92. The van der Waals surface area contributed by atoms with Crippen molar-refractivity contribution in [2.75, 3.05) is 5.06 Å². The molecule has 1 rings (SSSR count). The molecule has 0 aliphatic rings. The van der Waals surface area contributed by atoms with E-state index in [1.165, 1.54) is 12.1 Å². The van der Waals surface area contributed by atoms with Gasteiger partial charge in [-0.3, -0.25) is 5.21 Å². The van der Waals surface area contributed by atoms with Crippen molar-refractivity contribution in [2.24, 2.45) is 0 Å². The van der Waals surface area contributed by atoms with Crippen LogP contribution in [0.5, 0.6) is 0 Å². The quantitative estimate of drug-likeness (QED) is 0.526. The predicted molar refractivity (Wildman–Crippen MR) is 36.8 cm³/mol. The molecular formula is C7H6F3NO. The Hall–Kier alpha value is -1.23. The van der Waals surface area contributed by atoms with Gasteiger partial charge in [-0.05, 0) is 12.1 Å². The standard InChI is InChI=1S/C7H6F3NO/c8-7(9,10)11(12)6-4-2-1-3-5-6/h1-5,12H. The van der Waals surface area contributed by atoms with Crippen LogP contribution in [0.1, 0.15) is 0 Å². The number of halogens is 3. The molecule has 0 atom stereocenters. The number of hydrogen-bond acceptors (Lipinski definition) is 2. The summed E-state index contributed by atoms with van der Waals surface area (Å²) >= 11 is 0. The molecule has 5 heteroatoms. The van der Waals surface area contributed by atoms with E-state index in [0.717, 1.165) is 12.1 Å². The van der Waals surface area contributed by atoms with Crippen LogP contribution in [-0.2, 0) is 0 Å². The van der Waals surface area contributed by atoms with Crippen molar-refractivity contribution in [3.05, 3.63) is 30.3 Å². The van der Waals surface area contributed by atoms with Gasteiger partial charge in [0.15, 0.2) is 0 Å². The average molecular weight is 177 g/mol. The highest BCUT2D eigenvalue weighted by molar-refractivity contribution is 5.43. The first-order valence-electron chi connectivity index (χ1n) is 3.12. The van der Waals surface area contributed by atoms with Gasteiger partial charge in [0, 0.05) is 0 Å². The lowest BCUT2D eigenvalue weighted by atomic mass is 10.3. The molecular weight excluding hydrogens is 171 g/mol. The lowest BCUT2D eigenvalue weighted by Gasteiger charge is -2.18. The Balaban J connectivity index is 2.86. The van der Waals surface area contributed by atoms with Gasteiger partial charge in [-0.25, -0.2) is 0 Å². The third-order valence-corrected chi connectivity index (χ3v) is 1.24. The van der Waals surface area contributed by atoms with Gasteiger partial charge in [-0.2, -0.15) is 5.06 Å². The maximum Gasteiger partial charge on any atom is 0.508 e. The minimum atomic E-state index is -4.75. The van der Waals surface area contributed by atoms with Crippen LogP contribution in [0, 0.1) is 0 Å². The molecule has 0 radical (unpaired) electrons. The Morgan fingerprint density at radius 3 is 2.00 bits per heavy atom. The van der Waals surface area contributed by atoms with E-state index in [-0.39, 0.29) is 5.69 Å². The van der Waals surface area contributed by atoms with Crippen LogP contribution in [0.15, 0.2) is 30.3 Å². The van der Waals surface area contributed by atoms with E-state index in [4.69, 9.17) is 5.21 Å². The van der Waals surface area contributed by atoms with Crippen molar-refractivity contribution in [3.8, 4) is 0 Å². The molecule has 0 heterocycles. The number of nitrogens with zero attached hydrogens (tertiary/aromatic N) is 1. The van der Waals surface area contributed by atoms with Crippen molar-refractivity contribution in [3.63, 3.8) is 0 Å². The van der Waals surface area contributed by atoms with Crippen LogP contribution >= 0.6 is 0 Å². The number of hydroxylamine groups is 1. The summed E-state index contributed by atoms with van der Waals surface area (Å²) in [7, 11) is 0. The van der Waals surface area contributed by atoms with Crippen molar-refractivity contribution >= 4 is 5.69 Å². The summed E-state index contributed by atoms with van der Waals surface area (Å²) in [5.74, 6) is 0. The normalized spacial score (nSPS) is 11.3. The van der Waals surface area contributed by atoms with Crippen LogP contribution in [0.25, 0.3) is 0 Å². The Kier molecular flexibility index (Phi) is 2.23. The van der Waals surface area contributed by atoms with Crippen LogP contribution < -0.4 is 5.06 Å². The van der Waals surface area contributed by atoms with Gasteiger partial charge in [0.2, 0.25) is 0 Å². The fourth-order valence-corrected chi connectivity index (χ4v) is 0.716. The Morgan fingerprint density at radius 1 is 1.08 bits per heavy atom. The molecule has 66 valence electrons. The molecule has 0 saturated heterocycles. The number of para-hydroxylation sites is 1. The molecule has 1 aromatic carbocycles. The first kappa shape index (κ1) is 8.86. The molecule has 0 aliphatic carbocycles. The molecule has 0 bridgehead atoms. The topological polar surface area (TPSA) is 23.5 Å². The second-order valence-corrected chi connectivity index (χ2v) is 2.12. The first-order chi connectivity index (χ1) is 5.52. The van der Waals surface area contributed by atoms with Crippen molar-refractivity contribution in [1.82, 2.24) is 0 Å². The fraction of sp³-hybridized carbons (Fsp3) is 0.143. The van der Waals surface area contributed by atoms with E-state index in [2.05, 4.69) is 0 Å². The number of rotatable bonds is 1.